The fourth-order valence-electron chi connectivity index (χ4n) is 0.813. The summed E-state index contributed by atoms with van der Waals surface area (Å²) in [7, 11) is 0. The summed E-state index contributed by atoms with van der Waals surface area (Å²) in [4.78, 5) is 10.5. The molecule has 0 heterocycles. The van der Waals surface area contributed by atoms with Crippen molar-refractivity contribution in [1.82, 2.24) is 10.6 Å². The van der Waals surface area contributed by atoms with Gasteiger partial charge in [0.1, 0.15) is 0 Å². The maximum Gasteiger partial charge on any atom is 0.216 e. The van der Waals surface area contributed by atoms with E-state index in [0.29, 0.717) is 19.6 Å². The molecule has 0 aliphatic rings. The van der Waals surface area contributed by atoms with Crippen molar-refractivity contribution in [2.24, 2.45) is 5.92 Å². The Morgan fingerprint density at radius 3 is 2.46 bits per heavy atom. The van der Waals surface area contributed by atoms with Crippen LogP contribution in [0, 0.1) is 5.92 Å². The third-order valence-corrected chi connectivity index (χ3v) is 1.80. The Bertz CT molecular complexity index is 149. The number of nitrogens with one attached hydrogen (secondary N) is 2. The Kier molecular flexibility index (Phi) is 6.54. The van der Waals surface area contributed by atoms with Crippen molar-refractivity contribution in [3.8, 4) is 0 Å². The van der Waals surface area contributed by atoms with Gasteiger partial charge < -0.3 is 15.7 Å². The van der Waals surface area contributed by atoms with E-state index in [0.717, 1.165) is 0 Å². The average Bonchev–Trinajstić information content (AvgIpc) is 2.02. The largest absolute Gasteiger partial charge is 0.392 e. The van der Waals surface area contributed by atoms with Crippen molar-refractivity contribution in [3.63, 3.8) is 0 Å². The van der Waals surface area contributed by atoms with Crippen LogP contribution in [0.4, 0.5) is 0 Å². The summed E-state index contributed by atoms with van der Waals surface area (Å²) in [6, 6.07) is 0. The van der Waals surface area contributed by atoms with Gasteiger partial charge in [-0.3, -0.25) is 4.79 Å². The minimum atomic E-state index is -0.308. The Morgan fingerprint density at radius 2 is 2.00 bits per heavy atom. The van der Waals surface area contributed by atoms with Crippen LogP contribution in [0.3, 0.4) is 0 Å². The van der Waals surface area contributed by atoms with Crippen molar-refractivity contribution >= 4 is 5.91 Å². The summed E-state index contributed by atoms with van der Waals surface area (Å²) in [6.45, 7) is 7.32. The van der Waals surface area contributed by atoms with Crippen LogP contribution in [0.15, 0.2) is 0 Å². The highest BCUT2D eigenvalue weighted by Crippen LogP contribution is 1.98. The molecule has 0 aromatic heterocycles. The first-order valence-electron chi connectivity index (χ1n) is 4.67. The lowest BCUT2D eigenvalue weighted by Gasteiger charge is -2.14. The number of rotatable bonds is 6. The van der Waals surface area contributed by atoms with Gasteiger partial charge in [-0.25, -0.2) is 0 Å². The lowest BCUT2D eigenvalue weighted by atomic mass is 10.1. The second-order valence-corrected chi connectivity index (χ2v) is 3.50. The van der Waals surface area contributed by atoms with Gasteiger partial charge in [0.25, 0.3) is 0 Å². The van der Waals surface area contributed by atoms with E-state index in [2.05, 4.69) is 10.6 Å². The van der Waals surface area contributed by atoms with Crippen LogP contribution < -0.4 is 10.6 Å². The van der Waals surface area contributed by atoms with E-state index in [1.54, 1.807) is 0 Å². The van der Waals surface area contributed by atoms with Crippen molar-refractivity contribution < 1.29 is 9.90 Å². The van der Waals surface area contributed by atoms with E-state index in [1.807, 2.05) is 13.8 Å². The molecule has 1 atom stereocenters. The third-order valence-electron chi connectivity index (χ3n) is 1.80. The van der Waals surface area contributed by atoms with Crippen LogP contribution in [-0.4, -0.2) is 36.8 Å². The zero-order valence-corrected chi connectivity index (χ0v) is 8.63. The number of amides is 1. The Balaban J connectivity index is 3.21. The SMILES string of the molecule is CC(=O)NCCNCC(O)C(C)C. The van der Waals surface area contributed by atoms with Gasteiger partial charge in [-0.1, -0.05) is 13.8 Å². The number of aliphatic hydroxyl groups is 1. The predicted molar refractivity (Wildman–Crippen MR) is 52.4 cm³/mol. The van der Waals surface area contributed by atoms with Gasteiger partial charge in [0.2, 0.25) is 5.91 Å². The molecular weight excluding hydrogens is 168 g/mol. The molecule has 0 aliphatic carbocycles. The van der Waals surface area contributed by atoms with Crippen molar-refractivity contribution in [2.75, 3.05) is 19.6 Å². The third kappa shape index (κ3) is 7.74. The van der Waals surface area contributed by atoms with E-state index in [-0.39, 0.29) is 17.9 Å². The summed E-state index contributed by atoms with van der Waals surface area (Å²) >= 11 is 0. The molecule has 78 valence electrons. The molecule has 0 spiro atoms. The maximum absolute atomic E-state index is 10.5. The molecule has 0 rings (SSSR count). The van der Waals surface area contributed by atoms with Crippen molar-refractivity contribution in [2.45, 2.75) is 26.9 Å². The molecule has 0 aromatic rings. The summed E-state index contributed by atoms with van der Waals surface area (Å²) in [6.07, 6.45) is -0.308. The van der Waals surface area contributed by atoms with Gasteiger partial charge in [0.05, 0.1) is 6.10 Å². The van der Waals surface area contributed by atoms with E-state index in [9.17, 15) is 9.90 Å². The molecule has 0 radical (unpaired) electrons. The Morgan fingerprint density at radius 1 is 1.38 bits per heavy atom. The Labute approximate surface area is 79.7 Å². The van der Waals surface area contributed by atoms with Crippen LogP contribution in [0.25, 0.3) is 0 Å². The maximum atomic E-state index is 10.5. The van der Waals surface area contributed by atoms with Gasteiger partial charge in [0.15, 0.2) is 0 Å². The second-order valence-electron chi connectivity index (χ2n) is 3.50. The van der Waals surface area contributed by atoms with Gasteiger partial charge in [-0.2, -0.15) is 0 Å². The van der Waals surface area contributed by atoms with E-state index in [4.69, 9.17) is 0 Å². The van der Waals surface area contributed by atoms with Crippen LogP contribution in [-0.2, 0) is 4.79 Å². The zero-order valence-electron chi connectivity index (χ0n) is 8.63. The minimum absolute atomic E-state index is 0.0220. The minimum Gasteiger partial charge on any atom is -0.392 e. The highest BCUT2D eigenvalue weighted by atomic mass is 16.3. The number of aliphatic hydroxyl groups excluding tert-OH is 1. The van der Waals surface area contributed by atoms with Crippen LogP contribution >= 0.6 is 0 Å². The molecule has 1 amide bonds. The molecule has 3 N–H and O–H groups in total. The van der Waals surface area contributed by atoms with Gasteiger partial charge in [0, 0.05) is 26.6 Å². The van der Waals surface area contributed by atoms with Gasteiger partial charge >= 0.3 is 0 Å². The van der Waals surface area contributed by atoms with Crippen molar-refractivity contribution in [3.05, 3.63) is 0 Å². The standard InChI is InChI=1S/C9H20N2O2/c1-7(2)9(13)6-10-4-5-11-8(3)12/h7,9-10,13H,4-6H2,1-3H3,(H,11,12). The monoisotopic (exact) mass is 188 g/mol. The molecule has 1 unspecified atom stereocenters. The highest BCUT2D eigenvalue weighted by Gasteiger charge is 2.07. The molecule has 0 saturated carbocycles. The van der Waals surface area contributed by atoms with Crippen molar-refractivity contribution in [1.29, 1.82) is 0 Å². The van der Waals surface area contributed by atoms with E-state index in [1.165, 1.54) is 6.92 Å². The second kappa shape index (κ2) is 6.86. The molecule has 0 aliphatic heterocycles. The lowest BCUT2D eigenvalue weighted by molar-refractivity contribution is -0.118. The van der Waals surface area contributed by atoms with E-state index < -0.39 is 0 Å². The fourth-order valence-corrected chi connectivity index (χ4v) is 0.813. The summed E-state index contributed by atoms with van der Waals surface area (Å²) in [5.41, 5.74) is 0. The molecular formula is C9H20N2O2. The first kappa shape index (κ1) is 12.4. The molecule has 4 heteroatoms. The topological polar surface area (TPSA) is 61.4 Å². The van der Waals surface area contributed by atoms with Crippen LogP contribution in [0.5, 0.6) is 0 Å². The number of hydrogen-bond donors (Lipinski definition) is 3. The molecule has 4 nitrogen and oxygen atoms in total. The average molecular weight is 188 g/mol. The van der Waals surface area contributed by atoms with Crippen LogP contribution in [0.1, 0.15) is 20.8 Å². The smallest absolute Gasteiger partial charge is 0.216 e. The van der Waals surface area contributed by atoms with E-state index >= 15 is 0 Å². The molecule has 0 aromatic carbocycles. The predicted octanol–water partition coefficient (Wildman–Crippen LogP) is -0.271. The normalized spacial score (nSPS) is 13.0. The zero-order chi connectivity index (χ0) is 10.3. The number of hydrogen-bond acceptors (Lipinski definition) is 3. The highest BCUT2D eigenvalue weighted by molar-refractivity contribution is 5.72. The first-order valence-corrected chi connectivity index (χ1v) is 4.67. The first-order chi connectivity index (χ1) is 6.04. The summed E-state index contributed by atoms with van der Waals surface area (Å²) in [5.74, 6) is 0.250. The molecule has 0 bridgehead atoms. The molecule has 0 fully saturated rings. The fraction of sp³-hybridized carbons (Fsp3) is 0.889. The number of carbonyl (C=O) groups is 1. The quantitative estimate of drug-likeness (QED) is 0.503. The molecule has 13 heavy (non-hydrogen) atoms. The van der Waals surface area contributed by atoms with Gasteiger partial charge in [-0.15, -0.1) is 0 Å². The summed E-state index contributed by atoms with van der Waals surface area (Å²) < 4.78 is 0. The lowest BCUT2D eigenvalue weighted by Crippen LogP contribution is -2.36. The van der Waals surface area contributed by atoms with Crippen LogP contribution in [0.2, 0.25) is 0 Å². The summed E-state index contributed by atoms with van der Waals surface area (Å²) in [5, 5.41) is 15.1. The van der Waals surface area contributed by atoms with Gasteiger partial charge in [-0.05, 0) is 5.92 Å². The molecule has 0 saturated heterocycles. The Hall–Kier alpha value is -0.610. The number of carbonyl (C=O) groups excluding carboxylic acids is 1.